The Balaban J connectivity index is 2.42. The van der Waals surface area contributed by atoms with Gasteiger partial charge in [-0.05, 0) is 38.5 Å². The van der Waals surface area contributed by atoms with Gasteiger partial charge in [-0.3, -0.25) is 4.79 Å². The van der Waals surface area contributed by atoms with E-state index in [4.69, 9.17) is 9.47 Å². The fourth-order valence-electron chi connectivity index (χ4n) is 3.34. The van der Waals surface area contributed by atoms with Crippen molar-refractivity contribution in [1.29, 1.82) is 0 Å². The first-order valence-corrected chi connectivity index (χ1v) is 16.5. The van der Waals surface area contributed by atoms with E-state index in [1.165, 1.54) is 13.1 Å². The van der Waals surface area contributed by atoms with E-state index in [1.807, 2.05) is 20.8 Å². The molecular formula is C21H36N2O6S2Si. The molecule has 1 N–H and O–H groups in total. The maximum Gasteiger partial charge on any atom is 0.232 e. The maximum atomic E-state index is 13.5. The first-order valence-electron chi connectivity index (χ1n) is 10.7. The molecule has 32 heavy (non-hydrogen) atoms. The Bertz CT molecular complexity index is 932. The average Bonchev–Trinajstić information content (AvgIpc) is 2.66. The molecule has 0 bridgehead atoms. The minimum Gasteiger partial charge on any atom is -0.377 e. The van der Waals surface area contributed by atoms with Gasteiger partial charge >= 0.3 is 0 Å². The van der Waals surface area contributed by atoms with Crippen LogP contribution in [0, 0.1) is 5.92 Å². The molecule has 1 aliphatic carbocycles. The number of carbonyl (C=O) groups is 1. The summed E-state index contributed by atoms with van der Waals surface area (Å²) in [5.74, 6) is -1.30. The van der Waals surface area contributed by atoms with Gasteiger partial charge in [0.15, 0.2) is 0 Å². The highest BCUT2D eigenvalue weighted by Gasteiger charge is 2.51. The van der Waals surface area contributed by atoms with E-state index in [9.17, 15) is 17.4 Å². The summed E-state index contributed by atoms with van der Waals surface area (Å²) in [6, 6.07) is 0.982. The van der Waals surface area contributed by atoms with Crippen molar-refractivity contribution in [2.45, 2.75) is 56.7 Å². The first-order chi connectivity index (χ1) is 14.7. The lowest BCUT2D eigenvalue weighted by molar-refractivity contribution is -0.121. The Morgan fingerprint density at radius 2 is 1.91 bits per heavy atom. The van der Waals surface area contributed by atoms with Crippen molar-refractivity contribution >= 4 is 40.1 Å². The van der Waals surface area contributed by atoms with E-state index >= 15 is 0 Å². The highest BCUT2D eigenvalue weighted by atomic mass is 32.2. The molecule has 1 saturated heterocycles. The Labute approximate surface area is 196 Å². The molecule has 0 saturated carbocycles. The van der Waals surface area contributed by atoms with Crippen LogP contribution in [0.5, 0.6) is 0 Å². The number of rotatable bonds is 9. The predicted octanol–water partition coefficient (Wildman–Crippen LogP) is 1.74. The molecule has 0 radical (unpaired) electrons. The SMILES string of the molecule is CNC(=O)C1C=CC(C2(N(COCC[Si](C)(C)C)S(=O)C(C)(C)C)COC2)=CC1=S(=O)=O. The third kappa shape index (κ3) is 6.26. The minimum absolute atomic E-state index is 0.0192. The predicted molar refractivity (Wildman–Crippen MR) is 131 cm³/mol. The Hall–Kier alpha value is -1.11. The largest absolute Gasteiger partial charge is 0.377 e. The number of carbonyl (C=O) groups excluding carboxylic acids is 1. The number of amides is 1. The normalized spacial score (nSPS) is 21.7. The van der Waals surface area contributed by atoms with E-state index in [2.05, 4.69) is 25.0 Å². The first kappa shape index (κ1) is 27.1. The number of ether oxygens (including phenoxy) is 2. The number of nitrogens with one attached hydrogen (secondary N) is 1. The molecule has 2 aliphatic rings. The van der Waals surface area contributed by atoms with Crippen LogP contribution in [0.4, 0.5) is 0 Å². The molecule has 182 valence electrons. The van der Waals surface area contributed by atoms with Gasteiger partial charge in [-0.2, -0.15) is 12.7 Å². The summed E-state index contributed by atoms with van der Waals surface area (Å²) in [7, 11) is -3.84. The third-order valence-corrected chi connectivity index (χ3v) is 9.78. The number of nitrogens with zero attached hydrogens (tertiary/aromatic N) is 1. The molecule has 0 spiro atoms. The molecule has 2 unspecified atom stereocenters. The topological polar surface area (TPSA) is 102 Å². The zero-order valence-corrected chi connectivity index (χ0v) is 22.7. The van der Waals surface area contributed by atoms with E-state index in [1.54, 1.807) is 16.5 Å². The van der Waals surface area contributed by atoms with Crippen LogP contribution in [0.1, 0.15) is 20.8 Å². The average molecular weight is 505 g/mol. The molecule has 0 aromatic carbocycles. The monoisotopic (exact) mass is 504 g/mol. The van der Waals surface area contributed by atoms with E-state index in [-0.39, 0.29) is 24.8 Å². The molecule has 1 heterocycles. The van der Waals surface area contributed by atoms with Crippen LogP contribution in [0.2, 0.25) is 25.7 Å². The van der Waals surface area contributed by atoms with Crippen molar-refractivity contribution in [2.24, 2.45) is 5.92 Å². The summed E-state index contributed by atoms with van der Waals surface area (Å²) in [6.07, 6.45) is 4.83. The number of hydrogen-bond donors (Lipinski definition) is 1. The molecule has 0 aromatic heterocycles. The van der Waals surface area contributed by atoms with Crippen molar-refractivity contribution in [3.05, 3.63) is 23.8 Å². The Morgan fingerprint density at radius 1 is 1.28 bits per heavy atom. The summed E-state index contributed by atoms with van der Waals surface area (Å²) in [5.41, 5.74) is -0.152. The van der Waals surface area contributed by atoms with Crippen molar-refractivity contribution in [3.63, 3.8) is 0 Å². The van der Waals surface area contributed by atoms with Crippen LogP contribution < -0.4 is 5.32 Å². The van der Waals surface area contributed by atoms with Gasteiger partial charge in [0.2, 0.25) is 16.2 Å². The van der Waals surface area contributed by atoms with Gasteiger partial charge in [0.1, 0.15) is 23.3 Å². The van der Waals surface area contributed by atoms with Crippen molar-refractivity contribution in [1.82, 2.24) is 9.62 Å². The van der Waals surface area contributed by atoms with Crippen molar-refractivity contribution in [3.8, 4) is 0 Å². The quantitative estimate of drug-likeness (QED) is 0.222. The van der Waals surface area contributed by atoms with Crippen LogP contribution in [-0.4, -0.2) is 79.7 Å². The summed E-state index contributed by atoms with van der Waals surface area (Å²) >= 11 is 0. The summed E-state index contributed by atoms with van der Waals surface area (Å²) in [4.78, 5) is 12.1. The van der Waals surface area contributed by atoms with E-state index < -0.39 is 51.5 Å². The standard InChI is InChI=1S/C21H36N2O6S2Si/c1-20(2,3)31(27)23(15-28-10-11-32(5,6)7)21(13-29-14-21)16-8-9-17(19(24)22-4)18(12-16)30(25)26/h8-9,12,17H,10-11,13-15H2,1-7H3,(H,22,24). The van der Waals surface area contributed by atoms with Crippen molar-refractivity contribution < 1.29 is 26.9 Å². The maximum absolute atomic E-state index is 13.5. The van der Waals surface area contributed by atoms with Gasteiger partial charge in [0, 0.05) is 21.7 Å². The smallest absolute Gasteiger partial charge is 0.232 e. The van der Waals surface area contributed by atoms with Crippen molar-refractivity contribution in [2.75, 3.05) is 33.6 Å². The molecule has 0 aromatic rings. The van der Waals surface area contributed by atoms with Gasteiger partial charge in [-0.25, -0.2) is 4.21 Å². The van der Waals surface area contributed by atoms with Crippen LogP contribution in [0.15, 0.2) is 23.8 Å². The second-order valence-corrected chi connectivity index (χ2v) is 19.0. The molecular weight excluding hydrogens is 468 g/mol. The third-order valence-electron chi connectivity index (χ3n) is 5.42. The van der Waals surface area contributed by atoms with Crippen LogP contribution in [0.25, 0.3) is 0 Å². The van der Waals surface area contributed by atoms with E-state index in [0.29, 0.717) is 12.2 Å². The van der Waals surface area contributed by atoms with Gasteiger partial charge in [0.05, 0.1) is 28.7 Å². The number of hydrogen-bond acceptors (Lipinski definition) is 6. The summed E-state index contributed by atoms with van der Waals surface area (Å²) in [5, 5.41) is 2.49. The lowest BCUT2D eigenvalue weighted by atomic mass is 9.82. The summed E-state index contributed by atoms with van der Waals surface area (Å²) in [6.45, 7) is 13.7. The zero-order chi connectivity index (χ0) is 24.3. The highest BCUT2D eigenvalue weighted by molar-refractivity contribution is 7.84. The minimum atomic E-state index is -2.58. The van der Waals surface area contributed by atoms with Crippen LogP contribution >= 0.6 is 0 Å². The second-order valence-electron chi connectivity index (χ2n) is 10.3. The Morgan fingerprint density at radius 3 is 2.34 bits per heavy atom. The Kier molecular flexibility index (Phi) is 8.85. The molecule has 1 aliphatic heterocycles. The lowest BCUT2D eigenvalue weighted by Gasteiger charge is -2.51. The number of allylic oxidation sites excluding steroid dienone is 1. The molecule has 1 amide bonds. The fourth-order valence-corrected chi connectivity index (χ4v) is 6.07. The lowest BCUT2D eigenvalue weighted by Crippen LogP contribution is -2.66. The summed E-state index contributed by atoms with van der Waals surface area (Å²) < 4.78 is 50.1. The van der Waals surface area contributed by atoms with Gasteiger partial charge in [-0.15, -0.1) is 0 Å². The highest BCUT2D eigenvalue weighted by Crippen LogP contribution is 2.39. The van der Waals surface area contributed by atoms with Crippen LogP contribution in [-0.2, 0) is 35.5 Å². The molecule has 2 atom stereocenters. The van der Waals surface area contributed by atoms with Crippen LogP contribution in [0.3, 0.4) is 0 Å². The van der Waals surface area contributed by atoms with Gasteiger partial charge < -0.3 is 14.8 Å². The molecule has 2 rings (SSSR count). The molecule has 11 heteroatoms. The van der Waals surface area contributed by atoms with Gasteiger partial charge in [-0.1, -0.05) is 31.8 Å². The van der Waals surface area contributed by atoms with E-state index in [0.717, 1.165) is 6.04 Å². The molecule has 8 nitrogen and oxygen atoms in total. The molecule has 1 fully saturated rings. The zero-order valence-electron chi connectivity index (χ0n) is 20.1. The fraction of sp³-hybridized carbons (Fsp3) is 0.714. The second kappa shape index (κ2) is 10.4. The van der Waals surface area contributed by atoms with Gasteiger partial charge in [0.25, 0.3) is 0 Å².